The minimum atomic E-state index is -0.495. The lowest BCUT2D eigenvalue weighted by Gasteiger charge is -2.14. The minimum absolute atomic E-state index is 0.100. The van der Waals surface area contributed by atoms with Crippen LogP contribution < -0.4 is 9.47 Å². The van der Waals surface area contributed by atoms with Crippen molar-refractivity contribution in [2.24, 2.45) is 0 Å². The number of benzene rings is 1. The maximum atomic E-state index is 9.44. The van der Waals surface area contributed by atoms with E-state index in [1.165, 1.54) is 20.3 Å². The summed E-state index contributed by atoms with van der Waals surface area (Å²) in [4.78, 5) is 0. The Labute approximate surface area is 89.1 Å². The van der Waals surface area contributed by atoms with Crippen LogP contribution >= 0.6 is 0 Å². The first-order valence-corrected chi connectivity index (χ1v) is 4.70. The average Bonchev–Trinajstić information content (AvgIpc) is 2.15. The molecule has 0 aliphatic heterocycles. The van der Waals surface area contributed by atoms with E-state index < -0.39 is 6.10 Å². The van der Waals surface area contributed by atoms with Crippen molar-refractivity contribution < 1.29 is 19.7 Å². The molecular weight excluding hydrogens is 196 g/mol. The summed E-state index contributed by atoms with van der Waals surface area (Å²) in [6.45, 7) is 1.68. The molecule has 4 nitrogen and oxygen atoms in total. The second kappa shape index (κ2) is 4.89. The molecule has 0 aliphatic carbocycles. The highest BCUT2D eigenvalue weighted by Gasteiger charge is 2.13. The Morgan fingerprint density at radius 1 is 1.27 bits per heavy atom. The van der Waals surface area contributed by atoms with E-state index in [0.717, 1.165) is 5.56 Å². The molecule has 1 aromatic carbocycles. The number of methoxy groups -OCH3 is 2. The lowest BCUT2D eigenvalue weighted by Crippen LogP contribution is -2.06. The van der Waals surface area contributed by atoms with Crippen LogP contribution in [0.1, 0.15) is 12.5 Å². The van der Waals surface area contributed by atoms with Crippen LogP contribution in [0.4, 0.5) is 0 Å². The molecule has 1 aromatic rings. The van der Waals surface area contributed by atoms with Gasteiger partial charge in [-0.1, -0.05) is 0 Å². The number of hydrogen-bond acceptors (Lipinski definition) is 4. The molecule has 1 rings (SSSR count). The summed E-state index contributed by atoms with van der Waals surface area (Å²) in [5, 5.41) is 18.7. The fraction of sp³-hybridized carbons (Fsp3) is 0.455. The maximum absolute atomic E-state index is 9.44. The first-order chi connectivity index (χ1) is 7.08. The van der Waals surface area contributed by atoms with Crippen molar-refractivity contribution in [2.45, 2.75) is 19.4 Å². The molecule has 0 amide bonds. The van der Waals surface area contributed by atoms with E-state index in [9.17, 15) is 10.2 Å². The van der Waals surface area contributed by atoms with Crippen molar-refractivity contribution in [2.75, 3.05) is 14.2 Å². The Kier molecular flexibility index (Phi) is 3.80. The van der Waals surface area contributed by atoms with Gasteiger partial charge in [-0.15, -0.1) is 0 Å². The summed E-state index contributed by atoms with van der Waals surface area (Å²) < 4.78 is 10.2. The molecule has 0 saturated carbocycles. The summed E-state index contributed by atoms with van der Waals surface area (Å²) in [5.74, 6) is 1.12. The fourth-order valence-electron chi connectivity index (χ4n) is 1.50. The zero-order valence-electron chi connectivity index (χ0n) is 9.15. The van der Waals surface area contributed by atoms with Gasteiger partial charge < -0.3 is 19.7 Å². The second-order valence-corrected chi connectivity index (χ2v) is 3.39. The molecule has 84 valence electrons. The molecule has 0 aliphatic rings. The highest BCUT2D eigenvalue weighted by molar-refractivity contribution is 5.51. The van der Waals surface area contributed by atoms with Crippen LogP contribution in [0.3, 0.4) is 0 Å². The van der Waals surface area contributed by atoms with Crippen LogP contribution in [0.5, 0.6) is 17.2 Å². The second-order valence-electron chi connectivity index (χ2n) is 3.39. The summed E-state index contributed by atoms with van der Waals surface area (Å²) in [6.07, 6.45) is -0.0843. The van der Waals surface area contributed by atoms with Crippen molar-refractivity contribution in [1.29, 1.82) is 0 Å². The third-order valence-electron chi connectivity index (χ3n) is 2.06. The first-order valence-electron chi connectivity index (χ1n) is 4.70. The molecule has 0 saturated heterocycles. The minimum Gasteiger partial charge on any atom is -0.508 e. The Hall–Kier alpha value is -1.42. The van der Waals surface area contributed by atoms with Crippen LogP contribution in [0.15, 0.2) is 12.1 Å². The number of aliphatic hydroxyl groups excluding tert-OH is 1. The van der Waals surface area contributed by atoms with Gasteiger partial charge in [0.25, 0.3) is 0 Å². The highest BCUT2D eigenvalue weighted by Crippen LogP contribution is 2.35. The van der Waals surface area contributed by atoms with E-state index in [1.54, 1.807) is 13.0 Å². The summed E-state index contributed by atoms with van der Waals surface area (Å²) in [6, 6.07) is 3.04. The van der Waals surface area contributed by atoms with E-state index in [0.29, 0.717) is 17.9 Å². The van der Waals surface area contributed by atoms with Gasteiger partial charge in [0, 0.05) is 18.1 Å². The largest absolute Gasteiger partial charge is 0.508 e. The quantitative estimate of drug-likeness (QED) is 0.790. The predicted octanol–water partition coefficient (Wildman–Crippen LogP) is 1.33. The summed E-state index contributed by atoms with van der Waals surface area (Å²) in [7, 11) is 3.03. The van der Waals surface area contributed by atoms with Gasteiger partial charge in [-0.2, -0.15) is 0 Å². The van der Waals surface area contributed by atoms with Crippen LogP contribution in [0, 0.1) is 0 Å². The van der Waals surface area contributed by atoms with Gasteiger partial charge in [0.1, 0.15) is 5.75 Å². The molecule has 1 unspecified atom stereocenters. The van der Waals surface area contributed by atoms with Gasteiger partial charge in [-0.25, -0.2) is 0 Å². The predicted molar refractivity (Wildman–Crippen MR) is 56.6 cm³/mol. The van der Waals surface area contributed by atoms with Crippen LogP contribution in [-0.2, 0) is 6.42 Å². The number of aliphatic hydroxyl groups is 1. The number of phenolic OH excluding ortho intramolecular Hbond substituents is 1. The number of hydrogen-bond donors (Lipinski definition) is 2. The van der Waals surface area contributed by atoms with Gasteiger partial charge >= 0.3 is 0 Å². The molecule has 15 heavy (non-hydrogen) atoms. The molecule has 2 N–H and O–H groups in total. The van der Waals surface area contributed by atoms with Crippen molar-refractivity contribution in [3.63, 3.8) is 0 Å². The van der Waals surface area contributed by atoms with Gasteiger partial charge in [0.15, 0.2) is 11.5 Å². The smallest absolute Gasteiger partial charge is 0.164 e. The number of aromatic hydroxyl groups is 1. The number of rotatable bonds is 4. The zero-order chi connectivity index (χ0) is 11.4. The summed E-state index contributed by atoms with van der Waals surface area (Å²) >= 11 is 0. The van der Waals surface area contributed by atoms with Gasteiger partial charge in [-0.3, -0.25) is 0 Å². The standard InChI is InChI=1S/C11H16O4/c1-7(12)4-8-5-9(13)6-10(14-2)11(8)15-3/h5-7,12-13H,4H2,1-3H3. The van der Waals surface area contributed by atoms with E-state index >= 15 is 0 Å². The molecule has 0 spiro atoms. The molecule has 0 aromatic heterocycles. The molecule has 0 heterocycles. The first kappa shape index (κ1) is 11.7. The fourth-order valence-corrected chi connectivity index (χ4v) is 1.50. The third-order valence-corrected chi connectivity index (χ3v) is 2.06. The third kappa shape index (κ3) is 2.76. The number of phenols is 1. The van der Waals surface area contributed by atoms with Crippen LogP contribution in [0.2, 0.25) is 0 Å². The normalized spacial score (nSPS) is 12.3. The van der Waals surface area contributed by atoms with Crippen molar-refractivity contribution in [1.82, 2.24) is 0 Å². The Morgan fingerprint density at radius 3 is 2.40 bits per heavy atom. The Bertz CT molecular complexity index is 334. The monoisotopic (exact) mass is 212 g/mol. The maximum Gasteiger partial charge on any atom is 0.164 e. The topological polar surface area (TPSA) is 58.9 Å². The van der Waals surface area contributed by atoms with Crippen molar-refractivity contribution in [3.8, 4) is 17.2 Å². The average molecular weight is 212 g/mol. The zero-order valence-corrected chi connectivity index (χ0v) is 9.15. The van der Waals surface area contributed by atoms with E-state index in [1.807, 2.05) is 0 Å². The SMILES string of the molecule is COc1cc(O)cc(CC(C)O)c1OC. The number of ether oxygens (including phenoxy) is 2. The molecule has 0 radical (unpaired) electrons. The Balaban J connectivity index is 3.16. The molecule has 0 fully saturated rings. The van der Waals surface area contributed by atoms with Crippen LogP contribution in [-0.4, -0.2) is 30.5 Å². The van der Waals surface area contributed by atoms with Gasteiger partial charge in [0.2, 0.25) is 0 Å². The molecule has 0 bridgehead atoms. The lowest BCUT2D eigenvalue weighted by molar-refractivity contribution is 0.193. The van der Waals surface area contributed by atoms with Gasteiger partial charge in [-0.05, 0) is 13.0 Å². The molecule has 4 heteroatoms. The Morgan fingerprint density at radius 2 is 1.93 bits per heavy atom. The van der Waals surface area contributed by atoms with E-state index in [-0.39, 0.29) is 5.75 Å². The molecule has 1 atom stereocenters. The highest BCUT2D eigenvalue weighted by atomic mass is 16.5. The summed E-state index contributed by atoms with van der Waals surface area (Å²) in [5.41, 5.74) is 0.726. The van der Waals surface area contributed by atoms with Crippen molar-refractivity contribution >= 4 is 0 Å². The van der Waals surface area contributed by atoms with E-state index in [4.69, 9.17) is 9.47 Å². The van der Waals surface area contributed by atoms with Crippen molar-refractivity contribution in [3.05, 3.63) is 17.7 Å². The van der Waals surface area contributed by atoms with E-state index in [2.05, 4.69) is 0 Å². The van der Waals surface area contributed by atoms with Crippen LogP contribution in [0.25, 0.3) is 0 Å². The lowest BCUT2D eigenvalue weighted by atomic mass is 10.1. The van der Waals surface area contributed by atoms with Gasteiger partial charge in [0.05, 0.1) is 20.3 Å². The molecular formula is C11H16O4.